The molecule has 148 valence electrons. The number of hydrogen-bond acceptors (Lipinski definition) is 2. The highest BCUT2D eigenvalue weighted by Gasteiger charge is 2.12. The molecule has 0 aliphatic rings. The van der Waals surface area contributed by atoms with Crippen LogP contribution in [0.5, 0.6) is 5.75 Å². The van der Waals surface area contributed by atoms with Gasteiger partial charge in [0.2, 0.25) is 0 Å². The molecule has 0 bridgehead atoms. The van der Waals surface area contributed by atoms with Gasteiger partial charge in [-0.3, -0.25) is 0 Å². The summed E-state index contributed by atoms with van der Waals surface area (Å²) in [5, 5.41) is 3.55. The minimum absolute atomic E-state index is 0.207. The Balaban J connectivity index is 1.78. The van der Waals surface area contributed by atoms with E-state index in [1.807, 2.05) is 0 Å². The molecule has 0 aromatic heterocycles. The maximum atomic E-state index is 6.03. The summed E-state index contributed by atoms with van der Waals surface area (Å²) in [6, 6.07) is 17.3. The van der Waals surface area contributed by atoms with E-state index in [1.54, 1.807) is 0 Å². The molecule has 0 spiro atoms. The Morgan fingerprint density at radius 2 is 1.52 bits per heavy atom. The van der Waals surface area contributed by atoms with E-state index in [4.69, 9.17) is 4.74 Å². The van der Waals surface area contributed by atoms with Crippen molar-refractivity contribution in [2.75, 3.05) is 6.61 Å². The molecule has 0 aliphatic heterocycles. The van der Waals surface area contributed by atoms with Gasteiger partial charge in [-0.15, -0.1) is 0 Å². The fourth-order valence-electron chi connectivity index (χ4n) is 3.14. The van der Waals surface area contributed by atoms with E-state index in [-0.39, 0.29) is 5.41 Å². The molecular formula is C25H37NO. The second-order valence-corrected chi connectivity index (χ2v) is 8.42. The fraction of sp³-hybridized carbons (Fsp3) is 0.520. The first-order valence-electron chi connectivity index (χ1n) is 10.5. The Kier molecular flexibility index (Phi) is 8.87. The van der Waals surface area contributed by atoms with Crippen molar-refractivity contribution in [3.05, 3.63) is 65.2 Å². The van der Waals surface area contributed by atoms with Crippen LogP contribution in [0.1, 0.15) is 76.5 Å². The normalized spacial score (nSPS) is 11.6. The van der Waals surface area contributed by atoms with E-state index >= 15 is 0 Å². The van der Waals surface area contributed by atoms with Crippen LogP contribution in [0.15, 0.2) is 48.5 Å². The van der Waals surface area contributed by atoms with Crippen LogP contribution in [0.2, 0.25) is 0 Å². The number of rotatable bonds is 11. The molecule has 0 atom stereocenters. The number of hydrogen-bond donors (Lipinski definition) is 1. The summed E-state index contributed by atoms with van der Waals surface area (Å²) in [6.45, 7) is 11.5. The van der Waals surface area contributed by atoms with Gasteiger partial charge in [0.05, 0.1) is 6.61 Å². The molecule has 0 radical (unpaired) electrons. The minimum Gasteiger partial charge on any atom is -0.493 e. The van der Waals surface area contributed by atoms with Crippen molar-refractivity contribution in [1.82, 2.24) is 5.32 Å². The summed E-state index contributed by atoms with van der Waals surface area (Å²) in [7, 11) is 0. The zero-order chi connectivity index (χ0) is 19.5. The lowest BCUT2D eigenvalue weighted by Gasteiger charge is -2.19. The summed E-state index contributed by atoms with van der Waals surface area (Å²) >= 11 is 0. The van der Waals surface area contributed by atoms with Gasteiger partial charge in [-0.25, -0.2) is 0 Å². The molecule has 0 unspecified atom stereocenters. The molecule has 0 aliphatic carbocycles. The van der Waals surface area contributed by atoms with Crippen LogP contribution in [0.3, 0.4) is 0 Å². The van der Waals surface area contributed by atoms with Crippen molar-refractivity contribution >= 4 is 0 Å². The highest BCUT2D eigenvalue weighted by molar-refractivity contribution is 5.33. The Morgan fingerprint density at radius 1 is 0.815 bits per heavy atom. The molecule has 2 aromatic rings. The second-order valence-electron chi connectivity index (χ2n) is 8.42. The van der Waals surface area contributed by atoms with Gasteiger partial charge in [0.1, 0.15) is 5.75 Å². The van der Waals surface area contributed by atoms with Crippen molar-refractivity contribution in [2.24, 2.45) is 0 Å². The largest absolute Gasteiger partial charge is 0.493 e. The van der Waals surface area contributed by atoms with E-state index in [0.717, 1.165) is 31.9 Å². The third kappa shape index (κ3) is 7.76. The second kappa shape index (κ2) is 11.1. The quantitative estimate of drug-likeness (QED) is 0.450. The lowest BCUT2D eigenvalue weighted by Crippen LogP contribution is -2.15. The highest BCUT2D eigenvalue weighted by atomic mass is 16.5. The summed E-state index contributed by atoms with van der Waals surface area (Å²) in [5.74, 6) is 1.02. The molecule has 2 heteroatoms. The van der Waals surface area contributed by atoms with Gasteiger partial charge in [-0.1, -0.05) is 95.8 Å². The van der Waals surface area contributed by atoms with Crippen LogP contribution in [-0.4, -0.2) is 6.61 Å². The van der Waals surface area contributed by atoms with Crippen LogP contribution >= 0.6 is 0 Å². The van der Waals surface area contributed by atoms with E-state index in [1.165, 1.54) is 42.4 Å². The SMILES string of the molecule is CCCCCCCOc1ccccc1CNCc1ccc(C(C)(C)C)cc1. The van der Waals surface area contributed by atoms with Crippen LogP contribution in [-0.2, 0) is 18.5 Å². The Hall–Kier alpha value is -1.80. The van der Waals surface area contributed by atoms with Crippen LogP contribution in [0.25, 0.3) is 0 Å². The Labute approximate surface area is 166 Å². The van der Waals surface area contributed by atoms with Gasteiger partial charge in [0.15, 0.2) is 0 Å². The third-order valence-electron chi connectivity index (χ3n) is 4.94. The molecule has 2 aromatic carbocycles. The lowest BCUT2D eigenvalue weighted by atomic mass is 9.87. The van der Waals surface area contributed by atoms with Crippen LogP contribution in [0, 0.1) is 0 Å². The molecule has 0 saturated carbocycles. The summed E-state index contributed by atoms with van der Waals surface area (Å²) in [4.78, 5) is 0. The molecule has 1 N–H and O–H groups in total. The molecule has 2 rings (SSSR count). The highest BCUT2D eigenvalue weighted by Crippen LogP contribution is 2.22. The molecule has 0 amide bonds. The van der Waals surface area contributed by atoms with Gasteiger partial charge in [-0.05, 0) is 29.0 Å². The van der Waals surface area contributed by atoms with E-state index in [0.29, 0.717) is 0 Å². The molecule has 0 saturated heterocycles. The van der Waals surface area contributed by atoms with Gasteiger partial charge < -0.3 is 10.1 Å². The summed E-state index contributed by atoms with van der Waals surface area (Å²) < 4.78 is 6.03. The van der Waals surface area contributed by atoms with E-state index < -0.39 is 0 Å². The molecule has 2 nitrogen and oxygen atoms in total. The minimum atomic E-state index is 0.207. The number of benzene rings is 2. The topological polar surface area (TPSA) is 21.3 Å². The monoisotopic (exact) mass is 367 g/mol. The number of unbranched alkanes of at least 4 members (excludes halogenated alkanes) is 4. The molecule has 0 heterocycles. The zero-order valence-electron chi connectivity index (χ0n) is 17.7. The number of ether oxygens (including phenoxy) is 1. The first-order chi connectivity index (χ1) is 13.0. The van der Waals surface area contributed by atoms with Crippen LogP contribution in [0.4, 0.5) is 0 Å². The van der Waals surface area contributed by atoms with Crippen LogP contribution < -0.4 is 10.1 Å². The first-order valence-corrected chi connectivity index (χ1v) is 10.5. The van der Waals surface area contributed by atoms with Gasteiger partial charge in [-0.2, -0.15) is 0 Å². The van der Waals surface area contributed by atoms with E-state index in [9.17, 15) is 0 Å². The number of nitrogens with one attached hydrogen (secondary N) is 1. The van der Waals surface area contributed by atoms with Gasteiger partial charge in [0, 0.05) is 18.7 Å². The Bertz CT molecular complexity index is 655. The van der Waals surface area contributed by atoms with E-state index in [2.05, 4.69) is 81.5 Å². The number of para-hydroxylation sites is 1. The summed E-state index contributed by atoms with van der Waals surface area (Å²) in [5.41, 5.74) is 4.14. The van der Waals surface area contributed by atoms with Crippen molar-refractivity contribution in [3.63, 3.8) is 0 Å². The van der Waals surface area contributed by atoms with Gasteiger partial charge >= 0.3 is 0 Å². The molecule has 27 heavy (non-hydrogen) atoms. The first kappa shape index (κ1) is 21.5. The fourth-order valence-corrected chi connectivity index (χ4v) is 3.14. The van der Waals surface area contributed by atoms with Crippen molar-refractivity contribution in [3.8, 4) is 5.75 Å². The Morgan fingerprint density at radius 3 is 2.22 bits per heavy atom. The van der Waals surface area contributed by atoms with Crippen molar-refractivity contribution < 1.29 is 4.74 Å². The maximum absolute atomic E-state index is 6.03. The average Bonchev–Trinajstić information content (AvgIpc) is 2.65. The predicted molar refractivity (Wildman–Crippen MR) is 116 cm³/mol. The standard InChI is InChI=1S/C25H37NO/c1-5-6-7-8-11-18-27-24-13-10-9-12-22(24)20-26-19-21-14-16-23(17-15-21)25(2,3)4/h9-10,12-17,26H,5-8,11,18-20H2,1-4H3. The molecule has 0 fully saturated rings. The average molecular weight is 368 g/mol. The smallest absolute Gasteiger partial charge is 0.123 e. The van der Waals surface area contributed by atoms with Gasteiger partial charge in [0.25, 0.3) is 0 Å². The summed E-state index contributed by atoms with van der Waals surface area (Å²) in [6.07, 6.45) is 6.34. The van der Waals surface area contributed by atoms with Crippen molar-refractivity contribution in [2.45, 2.75) is 78.3 Å². The van der Waals surface area contributed by atoms with Crippen molar-refractivity contribution in [1.29, 1.82) is 0 Å². The lowest BCUT2D eigenvalue weighted by molar-refractivity contribution is 0.301. The third-order valence-corrected chi connectivity index (χ3v) is 4.94. The molecular weight excluding hydrogens is 330 g/mol. The maximum Gasteiger partial charge on any atom is 0.123 e. The predicted octanol–water partition coefficient (Wildman–Crippen LogP) is 6.62. The zero-order valence-corrected chi connectivity index (χ0v) is 17.7.